The van der Waals surface area contributed by atoms with Gasteiger partial charge in [-0.3, -0.25) is 4.79 Å². The van der Waals surface area contributed by atoms with E-state index in [0.29, 0.717) is 16.1 Å². The van der Waals surface area contributed by atoms with Gasteiger partial charge in [0.1, 0.15) is 0 Å². The van der Waals surface area contributed by atoms with E-state index in [1.807, 2.05) is 18.2 Å². The van der Waals surface area contributed by atoms with Crippen molar-refractivity contribution in [2.75, 3.05) is 0 Å². The van der Waals surface area contributed by atoms with Crippen molar-refractivity contribution in [3.8, 4) is 0 Å². The molecule has 2 aromatic carbocycles. The SMILES string of the molecule is O=C(c1cccc(Cl)c1)c1cc(Br)ccc1I. The van der Waals surface area contributed by atoms with Crippen molar-refractivity contribution in [3.63, 3.8) is 0 Å². The van der Waals surface area contributed by atoms with Crippen molar-refractivity contribution in [3.05, 3.63) is 66.7 Å². The molecule has 0 aliphatic carbocycles. The fourth-order valence-electron chi connectivity index (χ4n) is 1.46. The average molecular weight is 421 g/mol. The molecule has 2 rings (SSSR count). The first-order chi connectivity index (χ1) is 8.08. The van der Waals surface area contributed by atoms with Gasteiger partial charge in [0, 0.05) is 24.2 Å². The summed E-state index contributed by atoms with van der Waals surface area (Å²) in [5.74, 6) is -0.0156. The van der Waals surface area contributed by atoms with Crippen LogP contribution in [0.5, 0.6) is 0 Å². The normalized spacial score (nSPS) is 10.3. The van der Waals surface area contributed by atoms with Crippen molar-refractivity contribution in [1.82, 2.24) is 0 Å². The molecule has 1 nitrogen and oxygen atoms in total. The molecule has 0 fully saturated rings. The molecule has 0 radical (unpaired) electrons. The third-order valence-electron chi connectivity index (χ3n) is 2.26. The molecule has 86 valence electrons. The Hall–Kier alpha value is -0.390. The van der Waals surface area contributed by atoms with Crippen molar-refractivity contribution in [2.45, 2.75) is 0 Å². The Labute approximate surface area is 126 Å². The van der Waals surface area contributed by atoms with Crippen LogP contribution in [0.2, 0.25) is 5.02 Å². The average Bonchev–Trinajstić information content (AvgIpc) is 2.31. The smallest absolute Gasteiger partial charge is 0.194 e. The summed E-state index contributed by atoms with van der Waals surface area (Å²) in [6, 6.07) is 12.6. The number of carbonyl (C=O) groups is 1. The monoisotopic (exact) mass is 420 g/mol. The molecule has 17 heavy (non-hydrogen) atoms. The van der Waals surface area contributed by atoms with Gasteiger partial charge in [-0.25, -0.2) is 0 Å². The van der Waals surface area contributed by atoms with Gasteiger partial charge in [0.05, 0.1) is 0 Å². The van der Waals surface area contributed by atoms with E-state index in [1.54, 1.807) is 24.3 Å². The molecular formula is C13H7BrClIO. The summed E-state index contributed by atoms with van der Waals surface area (Å²) in [5.41, 5.74) is 1.29. The van der Waals surface area contributed by atoms with Crippen LogP contribution in [0.4, 0.5) is 0 Å². The lowest BCUT2D eigenvalue weighted by Gasteiger charge is -2.05. The summed E-state index contributed by atoms with van der Waals surface area (Å²) in [6.07, 6.45) is 0. The third kappa shape index (κ3) is 3.09. The molecule has 0 bridgehead atoms. The van der Waals surface area contributed by atoms with Crippen molar-refractivity contribution in [1.29, 1.82) is 0 Å². The number of hydrogen-bond donors (Lipinski definition) is 0. The Bertz CT molecular complexity index is 583. The van der Waals surface area contributed by atoms with E-state index in [0.717, 1.165) is 8.04 Å². The summed E-state index contributed by atoms with van der Waals surface area (Å²) in [7, 11) is 0. The maximum atomic E-state index is 12.3. The van der Waals surface area contributed by atoms with Crippen LogP contribution in [0.25, 0.3) is 0 Å². The van der Waals surface area contributed by atoms with E-state index in [2.05, 4.69) is 38.5 Å². The number of carbonyl (C=O) groups excluding carboxylic acids is 1. The van der Waals surface area contributed by atoms with Crippen molar-refractivity contribution < 1.29 is 4.79 Å². The van der Waals surface area contributed by atoms with E-state index in [1.165, 1.54) is 0 Å². The highest BCUT2D eigenvalue weighted by Crippen LogP contribution is 2.22. The molecule has 0 spiro atoms. The summed E-state index contributed by atoms with van der Waals surface area (Å²) in [6.45, 7) is 0. The Morgan fingerprint density at radius 1 is 1.18 bits per heavy atom. The van der Waals surface area contributed by atoms with Crippen LogP contribution in [-0.4, -0.2) is 5.78 Å². The lowest BCUT2D eigenvalue weighted by molar-refractivity contribution is 0.103. The van der Waals surface area contributed by atoms with Gasteiger partial charge in [-0.1, -0.05) is 39.7 Å². The van der Waals surface area contributed by atoms with E-state index < -0.39 is 0 Å². The molecule has 0 N–H and O–H groups in total. The largest absolute Gasteiger partial charge is 0.289 e. The zero-order valence-corrected chi connectivity index (χ0v) is 13.1. The van der Waals surface area contributed by atoms with Gasteiger partial charge in [0.25, 0.3) is 0 Å². The van der Waals surface area contributed by atoms with Crippen LogP contribution in [0.3, 0.4) is 0 Å². The van der Waals surface area contributed by atoms with Crippen LogP contribution >= 0.6 is 50.1 Å². The van der Waals surface area contributed by atoms with Crippen LogP contribution in [0.1, 0.15) is 15.9 Å². The highest BCUT2D eigenvalue weighted by Gasteiger charge is 2.13. The molecule has 0 amide bonds. The molecule has 0 saturated heterocycles. The predicted octanol–water partition coefficient (Wildman–Crippen LogP) is 4.94. The summed E-state index contributed by atoms with van der Waals surface area (Å²) < 4.78 is 1.82. The van der Waals surface area contributed by atoms with Gasteiger partial charge in [-0.05, 0) is 52.9 Å². The predicted molar refractivity (Wildman–Crippen MR) is 81.7 cm³/mol. The van der Waals surface area contributed by atoms with E-state index in [4.69, 9.17) is 11.6 Å². The molecule has 0 aromatic heterocycles. The zero-order chi connectivity index (χ0) is 12.4. The zero-order valence-electron chi connectivity index (χ0n) is 8.58. The van der Waals surface area contributed by atoms with Crippen LogP contribution in [0.15, 0.2) is 46.9 Å². The molecule has 0 unspecified atom stereocenters. The Morgan fingerprint density at radius 3 is 2.65 bits per heavy atom. The minimum absolute atomic E-state index is 0.0156. The van der Waals surface area contributed by atoms with Gasteiger partial charge in [-0.2, -0.15) is 0 Å². The molecule has 0 heterocycles. The molecule has 0 saturated carbocycles. The minimum atomic E-state index is -0.0156. The summed E-state index contributed by atoms with van der Waals surface area (Å²) in [4.78, 5) is 12.3. The number of ketones is 1. The van der Waals surface area contributed by atoms with E-state index in [9.17, 15) is 4.79 Å². The second-order valence-corrected chi connectivity index (χ2v) is 5.98. The van der Waals surface area contributed by atoms with Gasteiger partial charge < -0.3 is 0 Å². The fraction of sp³-hybridized carbons (Fsp3) is 0. The Balaban J connectivity index is 2.47. The Morgan fingerprint density at radius 2 is 1.94 bits per heavy atom. The summed E-state index contributed by atoms with van der Waals surface area (Å²) >= 11 is 11.4. The molecule has 0 aliphatic heterocycles. The quantitative estimate of drug-likeness (QED) is 0.496. The third-order valence-corrected chi connectivity index (χ3v) is 3.93. The van der Waals surface area contributed by atoms with Gasteiger partial charge in [0.2, 0.25) is 0 Å². The highest BCUT2D eigenvalue weighted by atomic mass is 127. The number of halogens is 3. The topological polar surface area (TPSA) is 17.1 Å². The maximum Gasteiger partial charge on any atom is 0.194 e. The van der Waals surface area contributed by atoms with E-state index >= 15 is 0 Å². The fourth-order valence-corrected chi connectivity index (χ4v) is 2.59. The first-order valence-electron chi connectivity index (χ1n) is 4.83. The van der Waals surface area contributed by atoms with Gasteiger partial charge in [-0.15, -0.1) is 0 Å². The highest BCUT2D eigenvalue weighted by molar-refractivity contribution is 14.1. The number of rotatable bonds is 2. The minimum Gasteiger partial charge on any atom is -0.289 e. The first-order valence-corrected chi connectivity index (χ1v) is 7.08. The summed E-state index contributed by atoms with van der Waals surface area (Å²) in [5, 5.41) is 0.570. The lowest BCUT2D eigenvalue weighted by Crippen LogP contribution is -2.03. The molecule has 0 atom stereocenters. The molecule has 0 aliphatic rings. The van der Waals surface area contributed by atoms with Crippen LogP contribution in [-0.2, 0) is 0 Å². The molecule has 2 aromatic rings. The lowest BCUT2D eigenvalue weighted by atomic mass is 10.0. The van der Waals surface area contributed by atoms with E-state index in [-0.39, 0.29) is 5.78 Å². The second-order valence-electron chi connectivity index (χ2n) is 3.46. The second kappa shape index (κ2) is 5.50. The van der Waals surface area contributed by atoms with Crippen LogP contribution < -0.4 is 0 Å². The number of hydrogen-bond acceptors (Lipinski definition) is 1. The van der Waals surface area contributed by atoms with Gasteiger partial charge >= 0.3 is 0 Å². The first kappa shape index (κ1) is 13.1. The van der Waals surface area contributed by atoms with Crippen molar-refractivity contribution in [2.24, 2.45) is 0 Å². The maximum absolute atomic E-state index is 12.3. The van der Waals surface area contributed by atoms with Gasteiger partial charge in [0.15, 0.2) is 5.78 Å². The molecule has 4 heteroatoms. The van der Waals surface area contributed by atoms with Crippen molar-refractivity contribution >= 4 is 55.9 Å². The Kier molecular flexibility index (Phi) is 4.22. The molecular weight excluding hydrogens is 414 g/mol. The standard InChI is InChI=1S/C13H7BrClIO/c14-9-4-5-12(16)11(7-9)13(17)8-2-1-3-10(15)6-8/h1-7H. The number of benzene rings is 2. The van der Waals surface area contributed by atoms with Crippen LogP contribution in [0, 0.1) is 3.57 Å².